The van der Waals surface area contributed by atoms with Gasteiger partial charge in [-0.1, -0.05) is 17.7 Å². The van der Waals surface area contributed by atoms with Crippen LogP contribution >= 0.6 is 11.6 Å². The molecule has 0 unspecified atom stereocenters. The zero-order valence-corrected chi connectivity index (χ0v) is 11.8. The van der Waals surface area contributed by atoms with E-state index in [0.29, 0.717) is 6.61 Å². The number of benzene rings is 2. The molecule has 0 amide bonds. The molecule has 0 fully saturated rings. The van der Waals surface area contributed by atoms with Crippen molar-refractivity contribution in [3.05, 3.63) is 59.2 Å². The van der Waals surface area contributed by atoms with Gasteiger partial charge in [-0.05, 0) is 36.4 Å². The molecule has 0 aliphatic heterocycles. The lowest BCUT2D eigenvalue weighted by Gasteiger charge is -2.07. The monoisotopic (exact) mass is 287 g/mol. The smallest absolute Gasteiger partial charge is 0.120 e. The normalized spacial score (nSPS) is 10.7. The third kappa shape index (κ3) is 2.45. The average Bonchev–Trinajstić information content (AvgIpc) is 2.90. The number of halogens is 1. The SMILES string of the molecule is COc1ccc(OCc2c[nH]c3cccc(Cl)c23)cc1. The minimum Gasteiger partial charge on any atom is -0.497 e. The number of aromatic amines is 1. The van der Waals surface area contributed by atoms with Crippen LogP contribution in [0.5, 0.6) is 11.5 Å². The molecule has 0 aliphatic carbocycles. The number of H-pyrrole nitrogens is 1. The van der Waals surface area contributed by atoms with Crippen LogP contribution in [0.4, 0.5) is 0 Å². The van der Waals surface area contributed by atoms with Gasteiger partial charge in [0.2, 0.25) is 0 Å². The zero-order valence-electron chi connectivity index (χ0n) is 11.0. The van der Waals surface area contributed by atoms with Gasteiger partial charge in [-0.15, -0.1) is 0 Å². The number of hydrogen-bond acceptors (Lipinski definition) is 2. The van der Waals surface area contributed by atoms with Crippen LogP contribution in [-0.4, -0.2) is 12.1 Å². The van der Waals surface area contributed by atoms with E-state index in [0.717, 1.165) is 33.0 Å². The summed E-state index contributed by atoms with van der Waals surface area (Å²) < 4.78 is 10.9. The van der Waals surface area contributed by atoms with Crippen molar-refractivity contribution in [3.8, 4) is 11.5 Å². The highest BCUT2D eigenvalue weighted by atomic mass is 35.5. The van der Waals surface area contributed by atoms with Crippen LogP contribution in [0.15, 0.2) is 48.7 Å². The van der Waals surface area contributed by atoms with Crippen molar-refractivity contribution in [3.63, 3.8) is 0 Å². The highest BCUT2D eigenvalue weighted by molar-refractivity contribution is 6.35. The van der Waals surface area contributed by atoms with Crippen molar-refractivity contribution in [2.45, 2.75) is 6.61 Å². The molecule has 4 heteroatoms. The first-order valence-corrected chi connectivity index (χ1v) is 6.67. The van der Waals surface area contributed by atoms with E-state index in [1.807, 2.05) is 48.7 Å². The van der Waals surface area contributed by atoms with Gasteiger partial charge in [0.25, 0.3) is 0 Å². The fourth-order valence-corrected chi connectivity index (χ4v) is 2.45. The molecule has 0 aliphatic rings. The highest BCUT2D eigenvalue weighted by Gasteiger charge is 2.07. The second-order valence-electron chi connectivity index (χ2n) is 4.44. The molecular formula is C16H14ClNO2. The van der Waals surface area contributed by atoms with Gasteiger partial charge >= 0.3 is 0 Å². The van der Waals surface area contributed by atoms with Crippen LogP contribution in [-0.2, 0) is 6.61 Å². The minimum atomic E-state index is 0.468. The van der Waals surface area contributed by atoms with Crippen molar-refractivity contribution in [1.29, 1.82) is 0 Å². The molecule has 0 saturated heterocycles. The Labute approximate surface area is 122 Å². The molecule has 0 saturated carbocycles. The molecule has 1 N–H and O–H groups in total. The maximum Gasteiger partial charge on any atom is 0.120 e. The van der Waals surface area contributed by atoms with E-state index in [9.17, 15) is 0 Å². The van der Waals surface area contributed by atoms with Gasteiger partial charge in [0.15, 0.2) is 0 Å². The average molecular weight is 288 g/mol. The Kier molecular flexibility index (Phi) is 3.52. The molecule has 3 aromatic rings. The summed E-state index contributed by atoms with van der Waals surface area (Å²) in [6.07, 6.45) is 1.93. The third-order valence-electron chi connectivity index (χ3n) is 3.19. The van der Waals surface area contributed by atoms with Gasteiger partial charge in [0.05, 0.1) is 12.1 Å². The van der Waals surface area contributed by atoms with Crippen LogP contribution in [0.3, 0.4) is 0 Å². The number of fused-ring (bicyclic) bond motifs is 1. The summed E-state index contributed by atoms with van der Waals surface area (Å²) in [5.41, 5.74) is 2.06. The molecule has 0 radical (unpaired) electrons. The minimum absolute atomic E-state index is 0.468. The van der Waals surface area contributed by atoms with Gasteiger partial charge in [-0.25, -0.2) is 0 Å². The van der Waals surface area contributed by atoms with Crippen LogP contribution in [0.25, 0.3) is 10.9 Å². The fourth-order valence-electron chi connectivity index (χ4n) is 2.15. The second-order valence-corrected chi connectivity index (χ2v) is 4.85. The molecular weight excluding hydrogens is 274 g/mol. The maximum atomic E-state index is 6.23. The predicted octanol–water partition coefficient (Wildman–Crippen LogP) is 4.41. The highest BCUT2D eigenvalue weighted by Crippen LogP contribution is 2.27. The van der Waals surface area contributed by atoms with E-state index in [1.54, 1.807) is 7.11 Å². The fraction of sp³-hybridized carbons (Fsp3) is 0.125. The predicted molar refractivity (Wildman–Crippen MR) is 80.6 cm³/mol. The number of aromatic nitrogens is 1. The Morgan fingerprint density at radius 2 is 1.80 bits per heavy atom. The van der Waals surface area contributed by atoms with E-state index >= 15 is 0 Å². The summed E-state index contributed by atoms with van der Waals surface area (Å²) in [6, 6.07) is 13.3. The molecule has 20 heavy (non-hydrogen) atoms. The number of nitrogens with one attached hydrogen (secondary N) is 1. The summed E-state index contributed by atoms with van der Waals surface area (Å²) >= 11 is 6.23. The van der Waals surface area contributed by atoms with Crippen molar-refractivity contribution >= 4 is 22.5 Å². The summed E-state index contributed by atoms with van der Waals surface area (Å²) in [6.45, 7) is 0.468. The zero-order chi connectivity index (χ0) is 13.9. The van der Waals surface area contributed by atoms with Gasteiger partial charge in [0.1, 0.15) is 18.1 Å². The van der Waals surface area contributed by atoms with E-state index in [-0.39, 0.29) is 0 Å². The van der Waals surface area contributed by atoms with E-state index in [1.165, 1.54) is 0 Å². The second kappa shape index (κ2) is 5.47. The van der Waals surface area contributed by atoms with Crippen molar-refractivity contribution in [2.75, 3.05) is 7.11 Å². The molecule has 3 rings (SSSR count). The largest absolute Gasteiger partial charge is 0.497 e. The number of methoxy groups -OCH3 is 1. The Bertz CT molecular complexity index is 719. The van der Waals surface area contributed by atoms with Crippen molar-refractivity contribution in [1.82, 2.24) is 4.98 Å². The lowest BCUT2D eigenvalue weighted by Crippen LogP contribution is -1.94. The van der Waals surface area contributed by atoms with Crippen LogP contribution in [0.1, 0.15) is 5.56 Å². The van der Waals surface area contributed by atoms with Crippen LogP contribution in [0.2, 0.25) is 5.02 Å². The van der Waals surface area contributed by atoms with E-state index in [4.69, 9.17) is 21.1 Å². The summed E-state index contributed by atoms with van der Waals surface area (Å²) in [4.78, 5) is 3.20. The summed E-state index contributed by atoms with van der Waals surface area (Å²) in [7, 11) is 1.64. The van der Waals surface area contributed by atoms with Crippen molar-refractivity contribution in [2.24, 2.45) is 0 Å². The molecule has 1 aromatic heterocycles. The Morgan fingerprint density at radius 3 is 2.55 bits per heavy atom. The molecule has 0 atom stereocenters. The lowest BCUT2D eigenvalue weighted by atomic mass is 10.2. The molecule has 0 bridgehead atoms. The number of ether oxygens (including phenoxy) is 2. The molecule has 0 spiro atoms. The van der Waals surface area contributed by atoms with Gasteiger partial charge in [-0.3, -0.25) is 0 Å². The Morgan fingerprint density at radius 1 is 1.05 bits per heavy atom. The Balaban J connectivity index is 1.79. The lowest BCUT2D eigenvalue weighted by molar-refractivity contribution is 0.307. The maximum absolute atomic E-state index is 6.23. The number of rotatable bonds is 4. The van der Waals surface area contributed by atoms with Crippen LogP contribution in [0, 0.1) is 0 Å². The van der Waals surface area contributed by atoms with Crippen molar-refractivity contribution < 1.29 is 9.47 Å². The standard InChI is InChI=1S/C16H14ClNO2/c1-19-12-5-7-13(8-6-12)20-10-11-9-18-15-4-2-3-14(17)16(11)15/h2-9,18H,10H2,1H3. The quantitative estimate of drug-likeness (QED) is 0.771. The first-order valence-electron chi connectivity index (χ1n) is 6.29. The van der Waals surface area contributed by atoms with Crippen LogP contribution < -0.4 is 9.47 Å². The van der Waals surface area contributed by atoms with Gasteiger partial charge in [-0.2, -0.15) is 0 Å². The van der Waals surface area contributed by atoms with E-state index < -0.39 is 0 Å². The molecule has 3 nitrogen and oxygen atoms in total. The topological polar surface area (TPSA) is 34.2 Å². The first-order chi connectivity index (χ1) is 9.78. The molecule has 2 aromatic carbocycles. The molecule has 102 valence electrons. The first kappa shape index (κ1) is 12.9. The molecule has 1 heterocycles. The summed E-state index contributed by atoms with van der Waals surface area (Å²) in [5.74, 6) is 1.61. The Hall–Kier alpha value is -2.13. The van der Waals surface area contributed by atoms with Gasteiger partial charge in [0, 0.05) is 22.7 Å². The number of hydrogen-bond donors (Lipinski definition) is 1. The van der Waals surface area contributed by atoms with Gasteiger partial charge < -0.3 is 14.5 Å². The van der Waals surface area contributed by atoms with E-state index in [2.05, 4.69) is 4.98 Å². The summed E-state index contributed by atoms with van der Waals surface area (Å²) in [5, 5.41) is 1.75. The third-order valence-corrected chi connectivity index (χ3v) is 3.51.